The number of nitrogens with zero attached hydrogens (tertiary/aromatic N) is 2. The monoisotopic (exact) mass is 300 g/mol. The van der Waals surface area contributed by atoms with E-state index < -0.39 is 12.5 Å². The van der Waals surface area contributed by atoms with Crippen molar-refractivity contribution in [3.8, 4) is 5.75 Å². The zero-order chi connectivity index (χ0) is 15.5. The highest BCUT2D eigenvalue weighted by Crippen LogP contribution is 2.23. The van der Waals surface area contributed by atoms with Crippen LogP contribution in [0.15, 0.2) is 36.7 Å². The molecule has 114 valence electrons. The second-order valence-electron chi connectivity index (χ2n) is 4.59. The highest BCUT2D eigenvalue weighted by molar-refractivity contribution is 5.27. The molecule has 0 aliphatic heterocycles. The summed E-state index contributed by atoms with van der Waals surface area (Å²) >= 11 is 0. The van der Waals surface area contributed by atoms with Crippen molar-refractivity contribution >= 4 is 0 Å². The van der Waals surface area contributed by atoms with Crippen LogP contribution in [0.25, 0.3) is 0 Å². The Morgan fingerprint density at radius 2 is 1.95 bits per heavy atom. The van der Waals surface area contributed by atoms with Crippen LogP contribution in [0.4, 0.5) is 13.2 Å². The number of aliphatic hydroxyl groups is 1. The van der Waals surface area contributed by atoms with Crippen molar-refractivity contribution in [2.45, 2.75) is 32.4 Å². The molecule has 0 fully saturated rings. The quantitative estimate of drug-likeness (QED) is 0.922. The van der Waals surface area contributed by atoms with Gasteiger partial charge in [-0.25, -0.2) is 0 Å². The van der Waals surface area contributed by atoms with Crippen molar-refractivity contribution in [1.82, 2.24) is 9.78 Å². The van der Waals surface area contributed by atoms with Gasteiger partial charge in [0.15, 0.2) is 0 Å². The second-order valence-corrected chi connectivity index (χ2v) is 4.59. The lowest BCUT2D eigenvalue weighted by Crippen LogP contribution is -2.17. The first-order valence-corrected chi connectivity index (χ1v) is 6.42. The molecule has 0 amide bonds. The highest BCUT2D eigenvalue weighted by atomic mass is 19.4. The van der Waals surface area contributed by atoms with E-state index in [9.17, 15) is 18.3 Å². The van der Waals surface area contributed by atoms with E-state index >= 15 is 0 Å². The lowest BCUT2D eigenvalue weighted by molar-refractivity contribution is -0.274. The summed E-state index contributed by atoms with van der Waals surface area (Å²) in [6, 6.07) is 5.60. The Morgan fingerprint density at radius 1 is 1.29 bits per heavy atom. The maximum Gasteiger partial charge on any atom is 0.573 e. The number of hydrogen-bond donors (Lipinski definition) is 1. The van der Waals surface area contributed by atoms with Gasteiger partial charge in [0.2, 0.25) is 0 Å². The van der Waals surface area contributed by atoms with Gasteiger partial charge < -0.3 is 9.84 Å². The van der Waals surface area contributed by atoms with Gasteiger partial charge in [0.25, 0.3) is 0 Å². The van der Waals surface area contributed by atoms with Gasteiger partial charge in [-0.2, -0.15) is 5.10 Å². The van der Waals surface area contributed by atoms with E-state index in [1.165, 1.54) is 12.1 Å². The van der Waals surface area contributed by atoms with Crippen molar-refractivity contribution < 1.29 is 23.0 Å². The summed E-state index contributed by atoms with van der Waals surface area (Å²) in [5.74, 6) is -0.256. The van der Waals surface area contributed by atoms with Crippen LogP contribution in [0.1, 0.15) is 30.6 Å². The number of alkyl halides is 3. The molecule has 0 radical (unpaired) electrons. The summed E-state index contributed by atoms with van der Waals surface area (Å²) in [7, 11) is 0. The molecule has 1 aromatic heterocycles. The Balaban J connectivity index is 2.01. The van der Waals surface area contributed by atoms with E-state index in [1.54, 1.807) is 29.2 Å². The first kappa shape index (κ1) is 15.4. The molecule has 2 aromatic rings. The van der Waals surface area contributed by atoms with Gasteiger partial charge in [-0.15, -0.1) is 13.2 Å². The molecule has 0 bridgehead atoms. The van der Waals surface area contributed by atoms with Crippen molar-refractivity contribution in [3.05, 3.63) is 47.8 Å². The SMILES string of the molecule is CCC(O)c1cnn(Cc2ccc(OC(F)(F)F)cc2)c1. The van der Waals surface area contributed by atoms with Crippen molar-refractivity contribution in [3.63, 3.8) is 0 Å². The number of halogens is 3. The first-order chi connectivity index (χ1) is 9.87. The number of benzene rings is 1. The average molecular weight is 300 g/mol. The molecule has 21 heavy (non-hydrogen) atoms. The third kappa shape index (κ3) is 4.49. The summed E-state index contributed by atoms with van der Waals surface area (Å²) < 4.78 is 41.5. The molecule has 7 heteroatoms. The van der Waals surface area contributed by atoms with Gasteiger partial charge >= 0.3 is 6.36 Å². The molecule has 0 saturated heterocycles. The van der Waals surface area contributed by atoms with E-state index in [4.69, 9.17) is 0 Å². The Morgan fingerprint density at radius 3 is 2.52 bits per heavy atom. The smallest absolute Gasteiger partial charge is 0.406 e. The highest BCUT2D eigenvalue weighted by Gasteiger charge is 2.30. The molecule has 1 N–H and O–H groups in total. The van der Waals surface area contributed by atoms with E-state index in [-0.39, 0.29) is 5.75 Å². The molecule has 1 atom stereocenters. The van der Waals surface area contributed by atoms with Gasteiger partial charge in [-0.1, -0.05) is 19.1 Å². The maximum atomic E-state index is 12.0. The van der Waals surface area contributed by atoms with E-state index in [1.807, 2.05) is 6.92 Å². The van der Waals surface area contributed by atoms with Crippen molar-refractivity contribution in [2.24, 2.45) is 0 Å². The maximum absolute atomic E-state index is 12.0. The van der Waals surface area contributed by atoms with Crippen molar-refractivity contribution in [1.29, 1.82) is 0 Å². The number of aromatic nitrogens is 2. The Bertz CT molecular complexity index is 579. The van der Waals surface area contributed by atoms with Crippen molar-refractivity contribution in [2.75, 3.05) is 0 Å². The zero-order valence-electron chi connectivity index (χ0n) is 11.3. The van der Waals surface area contributed by atoms with Crippen LogP contribution in [-0.2, 0) is 6.54 Å². The molecular weight excluding hydrogens is 285 g/mol. The molecular formula is C14H15F3N2O2. The number of rotatable bonds is 5. The Kier molecular flexibility index (Phi) is 4.52. The fraction of sp³-hybridized carbons (Fsp3) is 0.357. The lowest BCUT2D eigenvalue weighted by Gasteiger charge is -2.09. The summed E-state index contributed by atoms with van der Waals surface area (Å²) in [4.78, 5) is 0. The van der Waals surface area contributed by atoms with Crippen LogP contribution in [0.3, 0.4) is 0 Å². The summed E-state index contributed by atoms with van der Waals surface area (Å²) in [6.07, 6.45) is -1.35. The minimum absolute atomic E-state index is 0.256. The summed E-state index contributed by atoms with van der Waals surface area (Å²) in [6.45, 7) is 2.27. The van der Waals surface area contributed by atoms with E-state index in [0.29, 0.717) is 13.0 Å². The van der Waals surface area contributed by atoms with E-state index in [2.05, 4.69) is 9.84 Å². The van der Waals surface area contributed by atoms with Crippen LogP contribution in [-0.4, -0.2) is 21.2 Å². The van der Waals surface area contributed by atoms with Gasteiger partial charge in [0.1, 0.15) is 5.75 Å². The largest absolute Gasteiger partial charge is 0.573 e. The normalized spacial score (nSPS) is 13.2. The van der Waals surface area contributed by atoms with Gasteiger partial charge in [0, 0.05) is 11.8 Å². The van der Waals surface area contributed by atoms with Gasteiger partial charge in [0.05, 0.1) is 18.8 Å². The summed E-state index contributed by atoms with van der Waals surface area (Å²) in [5.41, 5.74) is 1.50. The molecule has 0 spiro atoms. The topological polar surface area (TPSA) is 47.3 Å². The third-order valence-corrected chi connectivity index (χ3v) is 2.93. The molecule has 1 aromatic carbocycles. The average Bonchev–Trinajstić information content (AvgIpc) is 2.87. The third-order valence-electron chi connectivity index (χ3n) is 2.93. The first-order valence-electron chi connectivity index (χ1n) is 6.42. The van der Waals surface area contributed by atoms with Crippen LogP contribution in [0.2, 0.25) is 0 Å². The predicted octanol–water partition coefficient (Wildman–Crippen LogP) is 3.27. The second kappa shape index (κ2) is 6.17. The molecule has 2 rings (SSSR count). The zero-order valence-corrected chi connectivity index (χ0v) is 11.3. The standard InChI is InChI=1S/C14H15F3N2O2/c1-2-13(20)11-7-18-19(9-11)8-10-3-5-12(6-4-10)21-14(15,16)17/h3-7,9,13,20H,2,8H2,1H3. The molecule has 0 aliphatic rings. The molecule has 1 unspecified atom stereocenters. The van der Waals surface area contributed by atoms with E-state index in [0.717, 1.165) is 11.1 Å². The summed E-state index contributed by atoms with van der Waals surface area (Å²) in [5, 5.41) is 13.8. The van der Waals surface area contributed by atoms with Crippen LogP contribution >= 0.6 is 0 Å². The molecule has 4 nitrogen and oxygen atoms in total. The number of hydrogen-bond acceptors (Lipinski definition) is 3. The molecule has 0 aliphatic carbocycles. The Hall–Kier alpha value is -2.02. The van der Waals surface area contributed by atoms with Gasteiger partial charge in [-0.05, 0) is 24.1 Å². The fourth-order valence-electron chi connectivity index (χ4n) is 1.86. The fourth-order valence-corrected chi connectivity index (χ4v) is 1.86. The van der Waals surface area contributed by atoms with Gasteiger partial charge in [-0.3, -0.25) is 4.68 Å². The minimum Gasteiger partial charge on any atom is -0.406 e. The molecule has 1 heterocycles. The van der Waals surface area contributed by atoms with Crippen LogP contribution in [0, 0.1) is 0 Å². The lowest BCUT2D eigenvalue weighted by atomic mass is 10.1. The van der Waals surface area contributed by atoms with Crippen LogP contribution in [0.5, 0.6) is 5.75 Å². The Labute approximate surface area is 119 Å². The molecule has 0 saturated carbocycles. The number of aliphatic hydroxyl groups excluding tert-OH is 1. The minimum atomic E-state index is -4.69. The predicted molar refractivity (Wildman–Crippen MR) is 69.7 cm³/mol. The number of ether oxygens (including phenoxy) is 1. The van der Waals surface area contributed by atoms with Crippen LogP contribution < -0.4 is 4.74 Å².